The zero-order valence-electron chi connectivity index (χ0n) is 17.0. The van der Waals surface area contributed by atoms with E-state index in [1.54, 1.807) is 20.4 Å². The average molecular weight is 392 g/mol. The molecule has 0 aliphatic carbocycles. The second-order valence-electron chi connectivity index (χ2n) is 7.09. The highest BCUT2D eigenvalue weighted by atomic mass is 16.5. The van der Waals surface area contributed by atoms with Crippen molar-refractivity contribution in [3.63, 3.8) is 0 Å². The molecule has 0 radical (unpaired) electrons. The van der Waals surface area contributed by atoms with Crippen molar-refractivity contribution >= 4 is 17.4 Å². The van der Waals surface area contributed by atoms with Crippen molar-refractivity contribution in [2.75, 3.05) is 25.0 Å². The van der Waals surface area contributed by atoms with E-state index < -0.39 is 0 Å². The van der Waals surface area contributed by atoms with Crippen molar-refractivity contribution in [2.45, 2.75) is 26.3 Å². The molecule has 29 heavy (non-hydrogen) atoms. The lowest BCUT2D eigenvalue weighted by atomic mass is 9.94. The molecule has 2 aromatic carbocycles. The number of nitrogen functional groups attached to an aromatic ring is 1. The summed E-state index contributed by atoms with van der Waals surface area (Å²) >= 11 is 0. The summed E-state index contributed by atoms with van der Waals surface area (Å²) in [6.07, 6.45) is 2.43. The van der Waals surface area contributed by atoms with Crippen LogP contribution >= 0.6 is 0 Å². The highest BCUT2D eigenvalue weighted by molar-refractivity contribution is 6.14. The number of anilines is 2. The van der Waals surface area contributed by atoms with Crippen LogP contribution in [0, 0.1) is 6.92 Å². The molecule has 1 aliphatic rings. The first-order valence-corrected chi connectivity index (χ1v) is 9.41. The molecule has 7 nitrogen and oxygen atoms in total. The summed E-state index contributed by atoms with van der Waals surface area (Å²) in [6.45, 7) is 3.96. The first-order chi connectivity index (χ1) is 14.0. The number of hydrogen-bond acceptors (Lipinski definition) is 7. The number of methoxy groups -OCH3 is 2. The largest absolute Gasteiger partial charge is 0.493 e. The van der Waals surface area contributed by atoms with Crippen molar-refractivity contribution in [3.8, 4) is 11.5 Å². The zero-order chi connectivity index (χ0) is 20.5. The molecule has 4 rings (SSSR count). The molecule has 0 spiro atoms. The van der Waals surface area contributed by atoms with E-state index in [1.807, 2.05) is 48.3 Å². The molecule has 2 N–H and O–H groups in total. The van der Waals surface area contributed by atoms with Gasteiger partial charge in [0.05, 0.1) is 32.2 Å². The number of rotatable bonds is 4. The van der Waals surface area contributed by atoms with E-state index in [4.69, 9.17) is 24.7 Å². The number of benzene rings is 2. The number of hydrogen-bond donors (Lipinski definition) is 1. The van der Waals surface area contributed by atoms with Crippen molar-refractivity contribution in [3.05, 3.63) is 65.0 Å². The predicted octanol–water partition coefficient (Wildman–Crippen LogP) is 3.79. The molecule has 0 bridgehead atoms. The maximum absolute atomic E-state index is 5.90. The van der Waals surface area contributed by atoms with Crippen LogP contribution in [0.1, 0.15) is 29.4 Å². The number of aryl methyl sites for hydroxylation is 1. The molecule has 1 aromatic heterocycles. The van der Waals surface area contributed by atoms with Crippen molar-refractivity contribution < 1.29 is 13.9 Å². The normalized spacial score (nSPS) is 16.1. The van der Waals surface area contributed by atoms with Crippen LogP contribution in [0.25, 0.3) is 0 Å². The summed E-state index contributed by atoms with van der Waals surface area (Å²) in [5.41, 5.74) is 10.4. The Labute approximate surface area is 169 Å². The van der Waals surface area contributed by atoms with Gasteiger partial charge in [-0.1, -0.05) is 12.1 Å². The second kappa shape index (κ2) is 7.50. The lowest BCUT2D eigenvalue weighted by Gasteiger charge is -2.21. The van der Waals surface area contributed by atoms with Gasteiger partial charge >= 0.3 is 6.01 Å². The maximum Gasteiger partial charge on any atom is 0.318 e. The van der Waals surface area contributed by atoms with Crippen LogP contribution in [0.2, 0.25) is 0 Å². The summed E-state index contributed by atoms with van der Waals surface area (Å²) in [4.78, 5) is 4.39. The Hall–Kier alpha value is -3.48. The molecule has 150 valence electrons. The Bertz CT molecular complexity index is 1060. The van der Waals surface area contributed by atoms with Crippen LogP contribution in [-0.2, 0) is 6.42 Å². The summed E-state index contributed by atoms with van der Waals surface area (Å²) in [6, 6.07) is 12.1. The summed E-state index contributed by atoms with van der Waals surface area (Å²) in [5, 5.41) is 6.80. The molecule has 2 heterocycles. The van der Waals surface area contributed by atoms with Gasteiger partial charge in [-0.25, -0.2) is 9.99 Å². The summed E-state index contributed by atoms with van der Waals surface area (Å²) in [5.74, 6) is 2.08. The van der Waals surface area contributed by atoms with E-state index in [1.165, 1.54) is 0 Å². The van der Waals surface area contributed by atoms with Crippen LogP contribution in [0.15, 0.2) is 52.1 Å². The Morgan fingerprint density at radius 3 is 2.41 bits per heavy atom. The lowest BCUT2D eigenvalue weighted by Crippen LogP contribution is -2.29. The molecule has 0 amide bonds. The highest BCUT2D eigenvalue weighted by Crippen LogP contribution is 2.35. The molecule has 1 aliphatic heterocycles. The molecule has 0 fully saturated rings. The van der Waals surface area contributed by atoms with Gasteiger partial charge in [-0.15, -0.1) is 0 Å². The Balaban J connectivity index is 1.93. The van der Waals surface area contributed by atoms with Gasteiger partial charge in [0.1, 0.15) is 5.76 Å². The van der Waals surface area contributed by atoms with Crippen LogP contribution in [0.5, 0.6) is 11.5 Å². The maximum atomic E-state index is 5.90. The van der Waals surface area contributed by atoms with E-state index >= 15 is 0 Å². The standard InChI is InChI=1S/C22H24N4O3/c1-13-9-16-10-19(27-3)20(28-4)11-18(16)21(15-5-7-17(23)8-6-15)25-26(13)22-24-12-14(2)29-22/h5-8,10-13H,9,23H2,1-4H3. The molecular formula is C22H24N4O3. The first kappa shape index (κ1) is 18.9. The molecule has 0 saturated heterocycles. The van der Waals surface area contributed by atoms with Gasteiger partial charge in [-0.3, -0.25) is 0 Å². The van der Waals surface area contributed by atoms with Gasteiger partial charge in [-0.2, -0.15) is 5.10 Å². The molecule has 3 aromatic rings. The van der Waals surface area contributed by atoms with Crippen molar-refractivity contribution in [1.29, 1.82) is 0 Å². The fourth-order valence-corrected chi connectivity index (χ4v) is 3.51. The second-order valence-corrected chi connectivity index (χ2v) is 7.09. The smallest absolute Gasteiger partial charge is 0.318 e. The van der Waals surface area contributed by atoms with Gasteiger partial charge < -0.3 is 19.6 Å². The van der Waals surface area contributed by atoms with Gasteiger partial charge in [0, 0.05) is 16.8 Å². The third-order valence-corrected chi connectivity index (χ3v) is 4.99. The SMILES string of the molecule is COc1cc2c(cc1OC)C(c1ccc(N)cc1)=NN(c1ncc(C)o1)C(C)C2. The minimum absolute atomic E-state index is 0.0242. The molecular weight excluding hydrogens is 368 g/mol. The molecule has 7 heteroatoms. The van der Waals surface area contributed by atoms with E-state index in [9.17, 15) is 0 Å². The number of oxazole rings is 1. The minimum atomic E-state index is 0.0242. The van der Waals surface area contributed by atoms with Gasteiger partial charge in [0.15, 0.2) is 11.5 Å². The van der Waals surface area contributed by atoms with Crippen molar-refractivity contribution in [1.82, 2.24) is 4.98 Å². The zero-order valence-corrected chi connectivity index (χ0v) is 17.0. The van der Waals surface area contributed by atoms with Crippen LogP contribution in [0.4, 0.5) is 11.7 Å². The van der Waals surface area contributed by atoms with Crippen LogP contribution < -0.4 is 20.2 Å². The predicted molar refractivity (Wildman–Crippen MR) is 113 cm³/mol. The minimum Gasteiger partial charge on any atom is -0.493 e. The van der Waals surface area contributed by atoms with E-state index in [2.05, 4.69) is 11.9 Å². The number of ether oxygens (including phenoxy) is 2. The van der Waals surface area contributed by atoms with Crippen LogP contribution in [0.3, 0.4) is 0 Å². The highest BCUT2D eigenvalue weighted by Gasteiger charge is 2.28. The third kappa shape index (κ3) is 3.51. The fraction of sp³-hybridized carbons (Fsp3) is 0.273. The molecule has 0 saturated carbocycles. The van der Waals surface area contributed by atoms with Gasteiger partial charge in [-0.05, 0) is 50.1 Å². The van der Waals surface area contributed by atoms with E-state index in [0.717, 1.165) is 34.6 Å². The first-order valence-electron chi connectivity index (χ1n) is 9.41. The van der Waals surface area contributed by atoms with Crippen LogP contribution in [-0.4, -0.2) is 31.0 Å². The Morgan fingerprint density at radius 1 is 1.10 bits per heavy atom. The number of fused-ring (bicyclic) bond motifs is 1. The third-order valence-electron chi connectivity index (χ3n) is 4.99. The number of aromatic nitrogens is 1. The quantitative estimate of drug-likeness (QED) is 0.680. The monoisotopic (exact) mass is 392 g/mol. The summed E-state index contributed by atoms with van der Waals surface area (Å²) in [7, 11) is 3.27. The Kier molecular flexibility index (Phi) is 4.88. The average Bonchev–Trinajstić information content (AvgIpc) is 3.09. The van der Waals surface area contributed by atoms with Gasteiger partial charge in [0.25, 0.3) is 0 Å². The topological polar surface area (TPSA) is 86.1 Å². The Morgan fingerprint density at radius 2 is 1.79 bits per heavy atom. The van der Waals surface area contributed by atoms with Crippen molar-refractivity contribution in [2.24, 2.45) is 5.10 Å². The van der Waals surface area contributed by atoms with E-state index in [0.29, 0.717) is 23.2 Å². The molecule has 1 unspecified atom stereocenters. The fourth-order valence-electron chi connectivity index (χ4n) is 3.51. The lowest BCUT2D eigenvalue weighted by molar-refractivity contribution is 0.354. The number of nitrogens with zero attached hydrogens (tertiary/aromatic N) is 3. The van der Waals surface area contributed by atoms with Gasteiger partial charge in [0.2, 0.25) is 0 Å². The molecule has 1 atom stereocenters. The number of nitrogens with two attached hydrogens (primary N) is 1. The van der Waals surface area contributed by atoms with E-state index in [-0.39, 0.29) is 6.04 Å². The number of hydrazone groups is 1. The summed E-state index contributed by atoms with van der Waals surface area (Å²) < 4.78 is 16.8.